The van der Waals surface area contributed by atoms with Crippen molar-refractivity contribution >= 4 is 25.8 Å². The third-order valence-corrected chi connectivity index (χ3v) is 3.67. The van der Waals surface area contributed by atoms with Crippen molar-refractivity contribution in [1.82, 2.24) is 0 Å². The number of esters is 1. The van der Waals surface area contributed by atoms with E-state index in [0.717, 1.165) is 11.1 Å². The van der Waals surface area contributed by atoms with Crippen LogP contribution in [0.4, 0.5) is 10.5 Å². The molecule has 0 aliphatic heterocycles. The molecule has 0 atom stereocenters. The number of hydrogen-bond acceptors (Lipinski definition) is 4. The van der Waals surface area contributed by atoms with E-state index in [0.29, 0.717) is 5.69 Å². The lowest BCUT2D eigenvalue weighted by atomic mass is 10.1. The fourth-order valence-electron chi connectivity index (χ4n) is 1.86. The van der Waals surface area contributed by atoms with E-state index < -0.39 is 19.8 Å². The van der Waals surface area contributed by atoms with Gasteiger partial charge in [-0.25, -0.2) is 4.79 Å². The average Bonchev–Trinajstić information content (AvgIpc) is 2.41. The fraction of sp³-hybridized carbons (Fsp3) is 0.474. The van der Waals surface area contributed by atoms with Crippen LogP contribution in [0.3, 0.4) is 0 Å². The van der Waals surface area contributed by atoms with Gasteiger partial charge in [0, 0.05) is 11.3 Å². The van der Waals surface area contributed by atoms with Crippen LogP contribution in [0.15, 0.2) is 18.2 Å². The first kappa shape index (κ1) is 20.8. The van der Waals surface area contributed by atoms with Crippen LogP contribution in [0.2, 0.25) is 19.6 Å². The maximum absolute atomic E-state index is 12.0. The lowest BCUT2D eigenvalue weighted by molar-refractivity contribution is -0.139. The summed E-state index contributed by atoms with van der Waals surface area (Å²) < 4.78 is 9.98. The van der Waals surface area contributed by atoms with Crippen LogP contribution in [0, 0.1) is 11.5 Å². The normalized spacial score (nSPS) is 11.2. The molecule has 1 N–H and O–H groups in total. The smallest absolute Gasteiger partial charge is 0.412 e. The molecular weight excluding hydrogens is 334 g/mol. The summed E-state index contributed by atoms with van der Waals surface area (Å²) >= 11 is 0. The van der Waals surface area contributed by atoms with Crippen LogP contribution in [-0.4, -0.2) is 32.8 Å². The standard InChI is InChI=1S/C19H27NO4Si/c1-19(2,3)24-18(22)20-16-11-14(8-9-25(5,6)7)10-15(12-16)13-17(21)23-4/h10-12H,13H2,1-7H3,(H,20,22). The molecule has 0 saturated carbocycles. The van der Waals surface area contributed by atoms with Crippen molar-refractivity contribution in [2.45, 2.75) is 52.4 Å². The number of hydrogen-bond donors (Lipinski definition) is 1. The molecule has 0 spiro atoms. The molecule has 1 aromatic carbocycles. The molecule has 0 fully saturated rings. The van der Waals surface area contributed by atoms with E-state index in [1.165, 1.54) is 7.11 Å². The molecule has 1 amide bonds. The SMILES string of the molecule is COC(=O)Cc1cc(C#C[Si](C)(C)C)cc(NC(=O)OC(C)(C)C)c1. The van der Waals surface area contributed by atoms with Crippen molar-refractivity contribution in [3.05, 3.63) is 29.3 Å². The van der Waals surface area contributed by atoms with Gasteiger partial charge in [-0.3, -0.25) is 10.1 Å². The minimum atomic E-state index is -1.54. The van der Waals surface area contributed by atoms with Gasteiger partial charge in [-0.1, -0.05) is 25.6 Å². The minimum absolute atomic E-state index is 0.113. The van der Waals surface area contributed by atoms with Gasteiger partial charge in [-0.05, 0) is 44.5 Å². The van der Waals surface area contributed by atoms with Crippen molar-refractivity contribution in [2.75, 3.05) is 12.4 Å². The summed E-state index contributed by atoms with van der Waals surface area (Å²) in [7, 11) is -0.198. The van der Waals surface area contributed by atoms with Crippen LogP contribution in [0.25, 0.3) is 0 Å². The van der Waals surface area contributed by atoms with Gasteiger partial charge < -0.3 is 9.47 Å². The topological polar surface area (TPSA) is 64.6 Å². The number of nitrogens with one attached hydrogen (secondary N) is 1. The molecular formula is C19H27NO4Si. The Morgan fingerprint density at radius 2 is 1.80 bits per heavy atom. The van der Waals surface area contributed by atoms with Gasteiger partial charge in [-0.2, -0.15) is 0 Å². The molecule has 0 aliphatic carbocycles. The van der Waals surface area contributed by atoms with Crippen LogP contribution in [0.5, 0.6) is 0 Å². The highest BCUT2D eigenvalue weighted by Crippen LogP contribution is 2.17. The summed E-state index contributed by atoms with van der Waals surface area (Å²) in [5.41, 5.74) is 4.70. The highest BCUT2D eigenvalue weighted by atomic mass is 28.3. The number of anilines is 1. The van der Waals surface area contributed by atoms with E-state index in [2.05, 4.69) is 36.4 Å². The predicted octanol–water partition coefficient (Wildman–Crippen LogP) is 3.98. The molecule has 0 unspecified atom stereocenters. The van der Waals surface area contributed by atoms with E-state index in [-0.39, 0.29) is 12.4 Å². The number of methoxy groups -OCH3 is 1. The summed E-state index contributed by atoms with van der Waals surface area (Å²) in [6, 6.07) is 5.34. The molecule has 0 saturated heterocycles. The second kappa shape index (κ2) is 8.21. The fourth-order valence-corrected chi connectivity index (χ4v) is 2.38. The van der Waals surface area contributed by atoms with E-state index in [4.69, 9.17) is 9.47 Å². The lowest BCUT2D eigenvalue weighted by Gasteiger charge is -2.20. The molecule has 0 radical (unpaired) electrons. The number of rotatable bonds is 3. The third-order valence-electron chi connectivity index (χ3n) is 2.80. The van der Waals surface area contributed by atoms with E-state index in [1.807, 2.05) is 6.07 Å². The number of benzene rings is 1. The van der Waals surface area contributed by atoms with E-state index >= 15 is 0 Å². The summed E-state index contributed by atoms with van der Waals surface area (Å²) in [5.74, 6) is 2.80. The molecule has 5 nitrogen and oxygen atoms in total. The molecule has 25 heavy (non-hydrogen) atoms. The second-order valence-electron chi connectivity index (χ2n) is 7.80. The van der Waals surface area contributed by atoms with Gasteiger partial charge in [0.05, 0.1) is 13.5 Å². The average molecular weight is 362 g/mol. The Balaban J connectivity index is 3.13. The number of carbonyl (C=O) groups is 2. The summed E-state index contributed by atoms with van der Waals surface area (Å²) in [6.07, 6.45) is -0.436. The van der Waals surface area contributed by atoms with Crippen LogP contribution < -0.4 is 5.32 Å². The molecule has 1 aromatic rings. The number of ether oxygens (including phenoxy) is 2. The zero-order chi connectivity index (χ0) is 19.3. The van der Waals surface area contributed by atoms with Crippen molar-refractivity contribution in [1.29, 1.82) is 0 Å². The third kappa shape index (κ3) is 8.96. The zero-order valence-electron chi connectivity index (χ0n) is 16.1. The maximum atomic E-state index is 12.0. The van der Waals surface area contributed by atoms with Gasteiger partial charge >= 0.3 is 12.1 Å². The van der Waals surface area contributed by atoms with Crippen molar-refractivity contribution < 1.29 is 19.1 Å². The molecule has 0 bridgehead atoms. The Kier molecular flexibility index (Phi) is 6.83. The Bertz CT molecular complexity index is 703. The minimum Gasteiger partial charge on any atom is -0.469 e. The van der Waals surface area contributed by atoms with Gasteiger partial charge in [0.25, 0.3) is 0 Å². The van der Waals surface area contributed by atoms with Crippen molar-refractivity contribution in [3.63, 3.8) is 0 Å². The van der Waals surface area contributed by atoms with E-state index in [9.17, 15) is 9.59 Å². The zero-order valence-corrected chi connectivity index (χ0v) is 17.1. The van der Waals surface area contributed by atoms with Gasteiger partial charge in [0.1, 0.15) is 13.7 Å². The Morgan fingerprint density at radius 1 is 1.16 bits per heavy atom. The second-order valence-corrected chi connectivity index (χ2v) is 12.5. The predicted molar refractivity (Wildman–Crippen MR) is 102 cm³/mol. The van der Waals surface area contributed by atoms with Gasteiger partial charge in [-0.15, -0.1) is 5.54 Å². The lowest BCUT2D eigenvalue weighted by Crippen LogP contribution is -2.27. The van der Waals surface area contributed by atoms with Crippen LogP contribution >= 0.6 is 0 Å². The van der Waals surface area contributed by atoms with Gasteiger partial charge in [0.15, 0.2) is 0 Å². The van der Waals surface area contributed by atoms with Crippen molar-refractivity contribution in [2.24, 2.45) is 0 Å². The first-order valence-corrected chi connectivity index (χ1v) is 11.6. The quantitative estimate of drug-likeness (QED) is 0.502. The molecule has 0 aliphatic rings. The molecule has 0 heterocycles. The Labute approximate surface area is 151 Å². The number of amides is 1. The highest BCUT2D eigenvalue weighted by molar-refractivity contribution is 6.83. The van der Waals surface area contributed by atoms with Crippen LogP contribution in [0.1, 0.15) is 31.9 Å². The Hall–Kier alpha value is -2.26. The largest absolute Gasteiger partial charge is 0.469 e. The Morgan fingerprint density at radius 3 is 2.32 bits per heavy atom. The first-order chi connectivity index (χ1) is 11.4. The summed E-state index contributed by atoms with van der Waals surface area (Å²) in [6.45, 7) is 11.8. The summed E-state index contributed by atoms with van der Waals surface area (Å²) in [4.78, 5) is 23.6. The van der Waals surface area contributed by atoms with Crippen LogP contribution in [-0.2, 0) is 20.7 Å². The molecule has 6 heteroatoms. The molecule has 1 rings (SSSR count). The van der Waals surface area contributed by atoms with Gasteiger partial charge in [0.2, 0.25) is 0 Å². The monoisotopic (exact) mass is 361 g/mol. The highest BCUT2D eigenvalue weighted by Gasteiger charge is 2.17. The maximum Gasteiger partial charge on any atom is 0.412 e. The number of carbonyl (C=O) groups excluding carboxylic acids is 2. The first-order valence-electron chi connectivity index (χ1n) is 8.12. The van der Waals surface area contributed by atoms with Crippen molar-refractivity contribution in [3.8, 4) is 11.5 Å². The molecule has 0 aromatic heterocycles. The van der Waals surface area contributed by atoms with E-state index in [1.54, 1.807) is 32.9 Å². The summed E-state index contributed by atoms with van der Waals surface area (Å²) in [5, 5.41) is 2.70. The molecule has 136 valence electrons.